The number of methoxy groups -OCH3 is 1. The monoisotopic (exact) mass is 275 g/mol. The second kappa shape index (κ2) is 6.07. The molecule has 4 nitrogen and oxygen atoms in total. The molecule has 1 heterocycles. The molecule has 0 radical (unpaired) electrons. The summed E-state index contributed by atoms with van der Waals surface area (Å²) < 4.78 is 5.12. The summed E-state index contributed by atoms with van der Waals surface area (Å²) in [5.74, 6) is 0.159. The molecule has 1 aromatic carbocycles. The van der Waals surface area contributed by atoms with E-state index in [1.54, 1.807) is 12.0 Å². The Morgan fingerprint density at radius 3 is 2.50 bits per heavy atom. The Morgan fingerprint density at radius 1 is 1.30 bits per heavy atom. The molecule has 0 spiro atoms. The topological polar surface area (TPSA) is 46.6 Å². The van der Waals surface area contributed by atoms with Gasteiger partial charge in [-0.15, -0.1) is 0 Å². The van der Waals surface area contributed by atoms with Crippen LogP contribution in [0.4, 0.5) is 5.69 Å². The van der Waals surface area contributed by atoms with Gasteiger partial charge in [0.2, 0.25) is 5.91 Å². The first kappa shape index (κ1) is 14.6. The molecule has 1 aliphatic rings. The highest BCUT2D eigenvalue weighted by molar-refractivity contribution is 6.09. The fourth-order valence-corrected chi connectivity index (χ4v) is 2.56. The summed E-state index contributed by atoms with van der Waals surface area (Å²) in [5, 5.41) is 0. The third kappa shape index (κ3) is 2.84. The molecule has 0 saturated carbocycles. The zero-order valence-corrected chi connectivity index (χ0v) is 12.3. The molecule has 4 heteroatoms. The second-order valence-electron chi connectivity index (χ2n) is 5.44. The number of carbonyl (C=O) groups excluding carboxylic acids is 2. The number of ketones is 1. The van der Waals surface area contributed by atoms with Crippen molar-refractivity contribution in [3.63, 3.8) is 0 Å². The van der Waals surface area contributed by atoms with Crippen LogP contribution in [0.2, 0.25) is 0 Å². The summed E-state index contributed by atoms with van der Waals surface area (Å²) in [7, 11) is 1.61. The van der Waals surface area contributed by atoms with E-state index in [-0.39, 0.29) is 17.6 Å². The number of ether oxygens (including phenoxy) is 1. The summed E-state index contributed by atoms with van der Waals surface area (Å²) >= 11 is 0. The summed E-state index contributed by atoms with van der Waals surface area (Å²) in [6.07, 6.45) is 1.53. The first-order chi connectivity index (χ1) is 9.54. The number of rotatable bonds is 4. The summed E-state index contributed by atoms with van der Waals surface area (Å²) in [6, 6.07) is 7.38. The van der Waals surface area contributed by atoms with Crippen molar-refractivity contribution < 1.29 is 14.3 Å². The van der Waals surface area contributed by atoms with Gasteiger partial charge in [0.15, 0.2) is 0 Å². The Kier molecular flexibility index (Phi) is 4.42. The first-order valence-electron chi connectivity index (χ1n) is 7.03. The predicted molar refractivity (Wildman–Crippen MR) is 77.9 cm³/mol. The van der Waals surface area contributed by atoms with E-state index in [1.807, 2.05) is 38.1 Å². The van der Waals surface area contributed by atoms with Gasteiger partial charge < -0.3 is 9.64 Å². The number of piperidine rings is 1. The van der Waals surface area contributed by atoms with Crippen molar-refractivity contribution >= 4 is 17.4 Å². The average Bonchev–Trinajstić information content (AvgIpc) is 2.47. The van der Waals surface area contributed by atoms with Crippen LogP contribution in [0.1, 0.15) is 26.7 Å². The highest BCUT2D eigenvalue weighted by Crippen LogP contribution is 2.27. The van der Waals surface area contributed by atoms with E-state index in [9.17, 15) is 9.59 Å². The summed E-state index contributed by atoms with van der Waals surface area (Å²) in [5.41, 5.74) is 0.831. The van der Waals surface area contributed by atoms with Gasteiger partial charge in [0.05, 0.1) is 13.0 Å². The Bertz CT molecular complexity index is 493. The van der Waals surface area contributed by atoms with Gasteiger partial charge in [-0.2, -0.15) is 0 Å². The van der Waals surface area contributed by atoms with Crippen molar-refractivity contribution in [3.8, 4) is 5.75 Å². The van der Waals surface area contributed by atoms with Crippen LogP contribution in [0.25, 0.3) is 0 Å². The van der Waals surface area contributed by atoms with E-state index in [0.717, 1.165) is 17.9 Å². The van der Waals surface area contributed by atoms with Crippen LogP contribution in [-0.2, 0) is 9.59 Å². The molecule has 0 unspecified atom stereocenters. The number of benzene rings is 1. The number of hydrogen-bond donors (Lipinski definition) is 0. The van der Waals surface area contributed by atoms with Crippen LogP contribution in [-0.4, -0.2) is 25.3 Å². The fraction of sp³-hybridized carbons (Fsp3) is 0.500. The third-order valence-corrected chi connectivity index (χ3v) is 3.74. The molecule has 108 valence electrons. The minimum absolute atomic E-state index is 0.0493. The Balaban J connectivity index is 2.19. The standard InChI is InChI=1S/C16H21NO3/c1-11(2)15(18)14-5-4-10-17(16(14)19)12-6-8-13(20-3)9-7-12/h6-9,11,14H,4-5,10H2,1-3H3/t14-/m1/s1. The van der Waals surface area contributed by atoms with Crippen LogP contribution in [0, 0.1) is 11.8 Å². The molecule has 1 aliphatic heterocycles. The molecule has 0 bridgehead atoms. The predicted octanol–water partition coefficient (Wildman–Crippen LogP) is 2.66. The maximum atomic E-state index is 12.5. The van der Waals surface area contributed by atoms with Crippen LogP contribution in [0.15, 0.2) is 24.3 Å². The van der Waals surface area contributed by atoms with Crippen molar-refractivity contribution in [1.82, 2.24) is 0 Å². The van der Waals surface area contributed by atoms with E-state index in [2.05, 4.69) is 0 Å². The molecule has 1 aromatic rings. The Morgan fingerprint density at radius 2 is 1.95 bits per heavy atom. The fourth-order valence-electron chi connectivity index (χ4n) is 2.56. The number of carbonyl (C=O) groups is 2. The van der Waals surface area contributed by atoms with Crippen molar-refractivity contribution in [2.75, 3.05) is 18.6 Å². The maximum Gasteiger partial charge on any atom is 0.237 e. The van der Waals surface area contributed by atoms with Gasteiger partial charge >= 0.3 is 0 Å². The molecule has 1 saturated heterocycles. The van der Waals surface area contributed by atoms with Crippen LogP contribution in [0.5, 0.6) is 5.75 Å². The van der Waals surface area contributed by atoms with E-state index >= 15 is 0 Å². The zero-order chi connectivity index (χ0) is 14.7. The summed E-state index contributed by atoms with van der Waals surface area (Å²) in [4.78, 5) is 26.3. The van der Waals surface area contributed by atoms with E-state index in [0.29, 0.717) is 13.0 Å². The average molecular weight is 275 g/mol. The largest absolute Gasteiger partial charge is 0.497 e. The van der Waals surface area contributed by atoms with Crippen molar-refractivity contribution in [2.45, 2.75) is 26.7 Å². The molecule has 20 heavy (non-hydrogen) atoms. The van der Waals surface area contributed by atoms with E-state index < -0.39 is 5.92 Å². The molecule has 0 N–H and O–H groups in total. The molecule has 0 aliphatic carbocycles. The SMILES string of the molecule is COc1ccc(N2CCC[C@H](C(=O)C(C)C)C2=O)cc1. The lowest BCUT2D eigenvalue weighted by Crippen LogP contribution is -2.45. The Hall–Kier alpha value is -1.84. The van der Waals surface area contributed by atoms with Gasteiger partial charge in [-0.1, -0.05) is 13.8 Å². The van der Waals surface area contributed by atoms with Gasteiger partial charge in [0.25, 0.3) is 0 Å². The van der Waals surface area contributed by atoms with Gasteiger partial charge in [-0.25, -0.2) is 0 Å². The van der Waals surface area contributed by atoms with Crippen molar-refractivity contribution in [2.24, 2.45) is 11.8 Å². The van der Waals surface area contributed by atoms with Gasteiger partial charge in [-0.3, -0.25) is 9.59 Å². The lowest BCUT2D eigenvalue weighted by atomic mass is 9.87. The van der Waals surface area contributed by atoms with Gasteiger partial charge in [0.1, 0.15) is 11.5 Å². The number of Topliss-reactive ketones (excluding diaryl/α,β-unsaturated/α-hetero) is 1. The van der Waals surface area contributed by atoms with Gasteiger partial charge in [0, 0.05) is 18.2 Å². The number of amides is 1. The van der Waals surface area contributed by atoms with E-state index in [1.165, 1.54) is 0 Å². The minimum atomic E-state index is -0.481. The second-order valence-corrected chi connectivity index (χ2v) is 5.44. The molecular weight excluding hydrogens is 254 g/mol. The van der Waals surface area contributed by atoms with Crippen molar-refractivity contribution in [3.05, 3.63) is 24.3 Å². The molecule has 1 fully saturated rings. The highest BCUT2D eigenvalue weighted by atomic mass is 16.5. The molecule has 1 amide bonds. The summed E-state index contributed by atoms with van der Waals surface area (Å²) in [6.45, 7) is 4.37. The highest BCUT2D eigenvalue weighted by Gasteiger charge is 2.35. The minimum Gasteiger partial charge on any atom is -0.497 e. The number of anilines is 1. The van der Waals surface area contributed by atoms with Gasteiger partial charge in [-0.05, 0) is 37.1 Å². The maximum absolute atomic E-state index is 12.5. The lowest BCUT2D eigenvalue weighted by molar-refractivity contribution is -0.135. The molecular formula is C16H21NO3. The first-order valence-corrected chi connectivity index (χ1v) is 7.03. The smallest absolute Gasteiger partial charge is 0.237 e. The molecule has 2 rings (SSSR count). The van der Waals surface area contributed by atoms with E-state index in [4.69, 9.17) is 4.74 Å². The molecule has 1 atom stereocenters. The van der Waals surface area contributed by atoms with Crippen LogP contribution in [0.3, 0.4) is 0 Å². The lowest BCUT2D eigenvalue weighted by Gasteiger charge is -2.32. The van der Waals surface area contributed by atoms with Crippen molar-refractivity contribution in [1.29, 1.82) is 0 Å². The molecule has 0 aromatic heterocycles. The Labute approximate surface area is 119 Å². The quantitative estimate of drug-likeness (QED) is 0.794. The van der Waals surface area contributed by atoms with Crippen LogP contribution >= 0.6 is 0 Å². The normalized spacial score (nSPS) is 19.3. The number of nitrogens with zero attached hydrogens (tertiary/aromatic N) is 1. The number of hydrogen-bond acceptors (Lipinski definition) is 3. The van der Waals surface area contributed by atoms with Crippen LogP contribution < -0.4 is 9.64 Å². The zero-order valence-electron chi connectivity index (χ0n) is 12.3. The third-order valence-electron chi connectivity index (χ3n) is 3.74.